The average Bonchev–Trinajstić information content (AvgIpc) is 2.79. The minimum absolute atomic E-state index is 0.123. The Morgan fingerprint density at radius 2 is 1.39 bits per heavy atom. The molecule has 0 fully saturated rings. The van der Waals surface area contributed by atoms with Crippen LogP contribution in [-0.4, -0.2) is 23.5 Å². The molecule has 1 aliphatic heterocycles. The summed E-state index contributed by atoms with van der Waals surface area (Å²) >= 11 is 7.41. The first kappa shape index (κ1) is 27.4. The number of Topliss-reactive ketones (excluding diaryl/α,β-unsaturated/α-hetero) is 2. The predicted molar refractivity (Wildman–Crippen MR) is 158 cm³/mol. The Labute approximate surface area is 242 Å². The van der Waals surface area contributed by atoms with E-state index in [0.29, 0.717) is 25.2 Å². The van der Waals surface area contributed by atoms with Gasteiger partial charge < -0.3 is 9.64 Å². The molecule has 0 bridgehead atoms. The number of allylic oxidation sites excluding steroid dienone is 4. The van der Waals surface area contributed by atoms with Crippen LogP contribution in [0.15, 0.2) is 67.9 Å². The van der Waals surface area contributed by atoms with Crippen LogP contribution in [0.4, 0.5) is 0 Å². The van der Waals surface area contributed by atoms with Crippen molar-refractivity contribution in [1.82, 2.24) is 4.90 Å². The molecule has 3 aliphatic rings. The van der Waals surface area contributed by atoms with Gasteiger partial charge in [0.25, 0.3) is 0 Å². The molecule has 2 aromatic carbocycles. The minimum Gasteiger partial charge on any atom is -0.487 e. The smallest absolute Gasteiger partial charge is 0.162 e. The van der Waals surface area contributed by atoms with Gasteiger partial charge in [-0.05, 0) is 64.2 Å². The highest BCUT2D eigenvalue weighted by Gasteiger charge is 2.49. The Kier molecular flexibility index (Phi) is 7.05. The van der Waals surface area contributed by atoms with E-state index in [9.17, 15) is 9.59 Å². The van der Waals surface area contributed by atoms with Crippen molar-refractivity contribution >= 4 is 43.4 Å². The fourth-order valence-corrected chi connectivity index (χ4v) is 7.64. The maximum atomic E-state index is 13.9. The standard InChI is InChI=1S/C32H35Br2NO3/c1-18-7-9-19(10-8-18)17-38-30-21(11-20(33)12-22(30)34)27-28-23(13-31(2,3)15-25(28)36)35(6)24-14-32(4,5)16-26(37)29(24)27/h7-12,27H,13-17H2,1-6H3. The normalized spacial score (nSPS) is 21.0. The van der Waals surface area contributed by atoms with Crippen molar-refractivity contribution in [3.05, 3.63) is 84.6 Å². The van der Waals surface area contributed by atoms with Crippen molar-refractivity contribution in [3.8, 4) is 5.75 Å². The van der Waals surface area contributed by atoms with Crippen molar-refractivity contribution in [2.24, 2.45) is 10.8 Å². The highest BCUT2D eigenvalue weighted by atomic mass is 79.9. The summed E-state index contributed by atoms with van der Waals surface area (Å²) in [6, 6.07) is 12.3. The van der Waals surface area contributed by atoms with Gasteiger partial charge in [0.15, 0.2) is 11.6 Å². The lowest BCUT2D eigenvalue weighted by molar-refractivity contribution is -0.119. The van der Waals surface area contributed by atoms with Gasteiger partial charge in [-0.15, -0.1) is 0 Å². The molecule has 0 amide bonds. The number of halogens is 2. The lowest BCUT2D eigenvalue weighted by Crippen LogP contribution is -2.43. The van der Waals surface area contributed by atoms with E-state index in [1.165, 1.54) is 5.56 Å². The van der Waals surface area contributed by atoms with Gasteiger partial charge in [0.2, 0.25) is 0 Å². The largest absolute Gasteiger partial charge is 0.487 e. The zero-order chi connectivity index (χ0) is 27.6. The fourth-order valence-electron chi connectivity index (χ4n) is 6.26. The van der Waals surface area contributed by atoms with E-state index >= 15 is 0 Å². The molecular formula is C32H35Br2NO3. The van der Waals surface area contributed by atoms with Crippen molar-refractivity contribution in [2.45, 2.75) is 72.8 Å². The summed E-state index contributed by atoms with van der Waals surface area (Å²) < 4.78 is 8.16. The Balaban J connectivity index is 1.70. The Bertz CT molecular complexity index is 1340. The fraction of sp³-hybridized carbons (Fsp3) is 0.438. The summed E-state index contributed by atoms with van der Waals surface area (Å²) in [6.07, 6.45) is 2.52. The summed E-state index contributed by atoms with van der Waals surface area (Å²) in [4.78, 5) is 29.9. The molecule has 5 rings (SSSR count). The average molecular weight is 641 g/mol. The second-order valence-corrected chi connectivity index (χ2v) is 14.4. The number of hydrogen-bond donors (Lipinski definition) is 0. The number of hydrogen-bond acceptors (Lipinski definition) is 4. The monoisotopic (exact) mass is 639 g/mol. The van der Waals surface area contributed by atoms with Gasteiger partial charge in [-0.3, -0.25) is 9.59 Å². The number of carbonyl (C=O) groups is 2. The van der Waals surface area contributed by atoms with Crippen molar-refractivity contribution in [2.75, 3.05) is 7.05 Å². The van der Waals surface area contributed by atoms with Gasteiger partial charge >= 0.3 is 0 Å². The molecule has 0 saturated heterocycles. The number of aryl methyl sites for hydroxylation is 1. The molecule has 0 saturated carbocycles. The third-order valence-corrected chi connectivity index (χ3v) is 9.08. The summed E-state index contributed by atoms with van der Waals surface area (Å²) in [5.74, 6) is 0.471. The van der Waals surface area contributed by atoms with Crippen molar-refractivity contribution in [1.29, 1.82) is 0 Å². The first-order chi connectivity index (χ1) is 17.8. The maximum Gasteiger partial charge on any atom is 0.162 e. The minimum atomic E-state index is -0.454. The Morgan fingerprint density at radius 3 is 1.92 bits per heavy atom. The number of ketones is 2. The Hall–Kier alpha value is -2.18. The number of benzene rings is 2. The number of rotatable bonds is 4. The molecule has 0 radical (unpaired) electrons. The van der Waals surface area contributed by atoms with E-state index in [-0.39, 0.29) is 22.4 Å². The molecule has 1 heterocycles. The quantitative estimate of drug-likeness (QED) is 0.337. The summed E-state index contributed by atoms with van der Waals surface area (Å²) in [6.45, 7) is 11.1. The maximum absolute atomic E-state index is 13.9. The predicted octanol–water partition coefficient (Wildman–Crippen LogP) is 8.41. The molecule has 0 aromatic heterocycles. The SMILES string of the molecule is Cc1ccc(COc2c(Br)cc(Br)cc2C2C3=C(CC(C)(C)CC3=O)N(C)C3=C2C(=O)CC(C)(C)C3)cc1. The summed E-state index contributed by atoms with van der Waals surface area (Å²) in [5, 5.41) is 0. The van der Waals surface area contributed by atoms with Gasteiger partial charge in [-0.2, -0.15) is 0 Å². The lowest BCUT2D eigenvalue weighted by Gasteiger charge is -2.48. The van der Waals surface area contributed by atoms with Crippen LogP contribution in [0.5, 0.6) is 5.75 Å². The van der Waals surface area contributed by atoms with Gasteiger partial charge in [-0.1, -0.05) is 73.5 Å². The van der Waals surface area contributed by atoms with E-state index in [0.717, 1.165) is 55.5 Å². The molecule has 6 heteroatoms. The van der Waals surface area contributed by atoms with Gasteiger partial charge in [-0.25, -0.2) is 0 Å². The zero-order valence-electron chi connectivity index (χ0n) is 23.0. The van der Waals surface area contributed by atoms with Crippen LogP contribution in [0.3, 0.4) is 0 Å². The summed E-state index contributed by atoms with van der Waals surface area (Å²) in [7, 11) is 2.04. The van der Waals surface area contributed by atoms with Crippen LogP contribution in [0.2, 0.25) is 0 Å². The molecule has 0 spiro atoms. The van der Waals surface area contributed by atoms with E-state index in [2.05, 4.69) is 95.6 Å². The van der Waals surface area contributed by atoms with Crippen LogP contribution < -0.4 is 4.74 Å². The summed E-state index contributed by atoms with van der Waals surface area (Å²) in [5.41, 5.74) is 6.43. The highest BCUT2D eigenvalue weighted by Crippen LogP contribution is 2.56. The molecule has 0 N–H and O–H groups in total. The number of ether oxygens (including phenoxy) is 1. The van der Waals surface area contributed by atoms with Crippen LogP contribution >= 0.6 is 31.9 Å². The highest BCUT2D eigenvalue weighted by molar-refractivity contribution is 9.11. The molecule has 200 valence electrons. The molecule has 0 unspecified atom stereocenters. The van der Waals surface area contributed by atoms with E-state index in [4.69, 9.17) is 4.74 Å². The molecule has 38 heavy (non-hydrogen) atoms. The first-order valence-corrected chi connectivity index (χ1v) is 14.8. The van der Waals surface area contributed by atoms with Crippen molar-refractivity contribution < 1.29 is 14.3 Å². The molecule has 4 nitrogen and oxygen atoms in total. The lowest BCUT2D eigenvalue weighted by atomic mass is 9.63. The van der Waals surface area contributed by atoms with Crippen LogP contribution in [0, 0.1) is 17.8 Å². The topological polar surface area (TPSA) is 46.6 Å². The first-order valence-electron chi connectivity index (χ1n) is 13.2. The van der Waals surface area contributed by atoms with Crippen LogP contribution in [0.1, 0.15) is 76.0 Å². The second-order valence-electron chi connectivity index (χ2n) is 12.7. The molecular weight excluding hydrogens is 606 g/mol. The third kappa shape index (κ3) is 5.06. The number of nitrogens with zero attached hydrogens (tertiary/aromatic N) is 1. The van der Waals surface area contributed by atoms with Crippen LogP contribution in [-0.2, 0) is 16.2 Å². The molecule has 2 aromatic rings. The number of carbonyl (C=O) groups excluding carboxylic acids is 2. The Morgan fingerprint density at radius 1 is 0.868 bits per heavy atom. The van der Waals surface area contributed by atoms with Gasteiger partial charge in [0.05, 0.1) is 4.47 Å². The molecule has 2 aliphatic carbocycles. The van der Waals surface area contributed by atoms with Gasteiger partial charge in [0.1, 0.15) is 12.4 Å². The molecule has 0 atom stereocenters. The zero-order valence-corrected chi connectivity index (χ0v) is 26.2. The van der Waals surface area contributed by atoms with Crippen molar-refractivity contribution in [3.63, 3.8) is 0 Å². The van der Waals surface area contributed by atoms with E-state index in [1.807, 2.05) is 19.2 Å². The van der Waals surface area contributed by atoms with E-state index in [1.54, 1.807) is 0 Å². The second kappa shape index (κ2) is 9.78. The third-order valence-electron chi connectivity index (χ3n) is 8.03. The van der Waals surface area contributed by atoms with Gasteiger partial charge in [0, 0.05) is 58.4 Å². The van der Waals surface area contributed by atoms with Crippen LogP contribution in [0.25, 0.3) is 0 Å². The van der Waals surface area contributed by atoms with E-state index < -0.39 is 5.92 Å².